The molecule has 7 nitrogen and oxygen atoms in total. The van der Waals surface area contributed by atoms with E-state index in [1.54, 1.807) is 26.8 Å². The topological polar surface area (TPSA) is 98.5 Å². The summed E-state index contributed by atoms with van der Waals surface area (Å²) in [5, 5.41) is 3.65. The second-order valence-corrected chi connectivity index (χ2v) is 6.63. The van der Waals surface area contributed by atoms with Crippen LogP contribution >= 0.6 is 0 Å². The third-order valence-electron chi connectivity index (χ3n) is 3.22. The zero-order valence-electron chi connectivity index (χ0n) is 13.3. The number of nitrogens with zero attached hydrogens (tertiary/aromatic N) is 1. The van der Waals surface area contributed by atoms with Gasteiger partial charge in [-0.15, -0.1) is 0 Å². The summed E-state index contributed by atoms with van der Waals surface area (Å²) in [5.74, 6) is -0.230. The van der Waals surface area contributed by atoms with E-state index in [-0.39, 0.29) is 23.0 Å². The largest absolute Gasteiger partial charge is 0.462 e. The lowest BCUT2D eigenvalue weighted by atomic mass is 10.1. The predicted octanol–water partition coefficient (Wildman–Crippen LogP) is 2.58. The van der Waals surface area contributed by atoms with Gasteiger partial charge < -0.3 is 9.26 Å². The molecule has 0 atom stereocenters. The van der Waals surface area contributed by atoms with Crippen molar-refractivity contribution in [3.63, 3.8) is 0 Å². The van der Waals surface area contributed by atoms with Crippen LogP contribution in [0.3, 0.4) is 0 Å². The number of aryl methyl sites for hydroxylation is 3. The average Bonchev–Trinajstić information content (AvgIpc) is 2.81. The molecule has 2 rings (SSSR count). The number of aromatic nitrogens is 1. The molecule has 0 amide bonds. The predicted molar refractivity (Wildman–Crippen MR) is 83.9 cm³/mol. The number of rotatable bonds is 5. The van der Waals surface area contributed by atoms with Gasteiger partial charge in [-0.3, -0.25) is 4.72 Å². The van der Waals surface area contributed by atoms with Crippen LogP contribution in [0.15, 0.2) is 27.6 Å². The highest BCUT2D eigenvalue weighted by Gasteiger charge is 2.24. The van der Waals surface area contributed by atoms with Gasteiger partial charge in [-0.25, -0.2) is 13.2 Å². The smallest absolute Gasteiger partial charge is 0.338 e. The molecule has 0 spiro atoms. The van der Waals surface area contributed by atoms with Crippen LogP contribution in [0.1, 0.15) is 34.3 Å². The van der Waals surface area contributed by atoms with Crippen molar-refractivity contribution in [1.29, 1.82) is 0 Å². The minimum absolute atomic E-state index is 0.0198. The van der Waals surface area contributed by atoms with E-state index in [4.69, 9.17) is 9.26 Å². The quantitative estimate of drug-likeness (QED) is 0.841. The molecule has 0 saturated heterocycles. The highest BCUT2D eigenvalue weighted by atomic mass is 32.2. The number of hydrogen-bond acceptors (Lipinski definition) is 6. The summed E-state index contributed by atoms with van der Waals surface area (Å²) in [6.45, 7) is 6.79. The van der Waals surface area contributed by atoms with Gasteiger partial charge in [0.25, 0.3) is 10.0 Å². The van der Waals surface area contributed by atoms with Crippen LogP contribution in [0.5, 0.6) is 0 Å². The molecule has 1 N–H and O–H groups in total. The third-order valence-corrected chi connectivity index (χ3v) is 4.83. The summed E-state index contributed by atoms with van der Waals surface area (Å²) in [7, 11) is -3.82. The van der Waals surface area contributed by atoms with Crippen molar-refractivity contribution in [2.75, 3.05) is 11.3 Å². The first kappa shape index (κ1) is 17.0. The van der Waals surface area contributed by atoms with Gasteiger partial charge in [0.2, 0.25) is 0 Å². The van der Waals surface area contributed by atoms with E-state index in [9.17, 15) is 13.2 Å². The molecule has 124 valence electrons. The molecule has 0 aliphatic rings. The van der Waals surface area contributed by atoms with E-state index in [0.717, 1.165) is 0 Å². The van der Waals surface area contributed by atoms with Crippen molar-refractivity contribution in [3.05, 3.63) is 40.8 Å². The number of esters is 1. The molecular weight excluding hydrogens is 320 g/mol. The Morgan fingerprint density at radius 1 is 1.30 bits per heavy atom. The second kappa shape index (κ2) is 6.41. The van der Waals surface area contributed by atoms with Crippen molar-refractivity contribution in [3.8, 4) is 0 Å². The molecule has 0 unspecified atom stereocenters. The Kier molecular flexibility index (Phi) is 4.74. The molecule has 8 heteroatoms. The van der Waals surface area contributed by atoms with E-state index in [2.05, 4.69) is 9.88 Å². The fourth-order valence-electron chi connectivity index (χ4n) is 2.17. The zero-order valence-corrected chi connectivity index (χ0v) is 14.2. The number of hydrogen-bond donors (Lipinski definition) is 1. The van der Waals surface area contributed by atoms with Gasteiger partial charge in [-0.2, -0.15) is 0 Å². The van der Waals surface area contributed by atoms with E-state index in [1.165, 1.54) is 19.1 Å². The van der Waals surface area contributed by atoms with Gasteiger partial charge in [-0.05, 0) is 51.5 Å². The SMILES string of the molecule is CCOC(=O)c1ccc(NS(=O)(=O)c2c(C)noc2C)c(C)c1. The molecule has 0 fully saturated rings. The Morgan fingerprint density at radius 3 is 2.52 bits per heavy atom. The third kappa shape index (κ3) is 3.53. The lowest BCUT2D eigenvalue weighted by molar-refractivity contribution is 0.0526. The van der Waals surface area contributed by atoms with Crippen LogP contribution < -0.4 is 4.72 Å². The minimum Gasteiger partial charge on any atom is -0.462 e. The van der Waals surface area contributed by atoms with Gasteiger partial charge in [0.05, 0.1) is 17.9 Å². The molecule has 0 radical (unpaired) electrons. The lowest BCUT2D eigenvalue weighted by Gasteiger charge is -2.11. The number of anilines is 1. The van der Waals surface area contributed by atoms with Crippen molar-refractivity contribution >= 4 is 21.7 Å². The van der Waals surface area contributed by atoms with Gasteiger partial charge in [0.1, 0.15) is 5.69 Å². The Bertz CT molecular complexity index is 820. The molecule has 1 heterocycles. The maximum Gasteiger partial charge on any atom is 0.338 e. The molecule has 1 aromatic heterocycles. The van der Waals surface area contributed by atoms with Gasteiger partial charge in [0.15, 0.2) is 10.7 Å². The van der Waals surface area contributed by atoms with E-state index < -0.39 is 16.0 Å². The molecule has 1 aromatic carbocycles. The van der Waals surface area contributed by atoms with E-state index in [1.807, 2.05) is 0 Å². The lowest BCUT2D eigenvalue weighted by Crippen LogP contribution is -2.15. The molecule has 0 bridgehead atoms. The number of ether oxygens (including phenoxy) is 1. The first-order chi connectivity index (χ1) is 10.8. The Morgan fingerprint density at radius 2 is 2.00 bits per heavy atom. The second-order valence-electron chi connectivity index (χ2n) is 5.01. The summed E-state index contributed by atoms with van der Waals surface area (Å²) in [4.78, 5) is 11.7. The first-order valence-corrected chi connectivity index (χ1v) is 8.48. The summed E-state index contributed by atoms with van der Waals surface area (Å²) < 4.78 is 37.3. The first-order valence-electron chi connectivity index (χ1n) is 6.99. The highest BCUT2D eigenvalue weighted by molar-refractivity contribution is 7.92. The summed E-state index contributed by atoms with van der Waals surface area (Å²) in [6.07, 6.45) is 0. The fraction of sp³-hybridized carbons (Fsp3) is 0.333. The maximum atomic E-state index is 12.5. The van der Waals surface area contributed by atoms with Gasteiger partial charge >= 0.3 is 5.97 Å². The van der Waals surface area contributed by atoms with Crippen molar-refractivity contribution < 1.29 is 22.5 Å². The standard InChI is InChI=1S/C15H18N2O5S/c1-5-21-15(18)12-6-7-13(9(2)8-12)17-23(19,20)14-10(3)16-22-11(14)4/h6-8,17H,5H2,1-4H3. The monoisotopic (exact) mass is 338 g/mol. The Balaban J connectivity index is 2.32. The molecule has 0 saturated carbocycles. The van der Waals surface area contributed by atoms with E-state index >= 15 is 0 Å². The van der Waals surface area contributed by atoms with Crippen LogP contribution in [0, 0.1) is 20.8 Å². The number of carbonyl (C=O) groups is 1. The van der Waals surface area contributed by atoms with Gasteiger partial charge in [0, 0.05) is 0 Å². The molecule has 0 aliphatic carbocycles. The molecule has 0 aliphatic heterocycles. The average molecular weight is 338 g/mol. The van der Waals surface area contributed by atoms with Crippen LogP contribution in [0.4, 0.5) is 5.69 Å². The maximum absolute atomic E-state index is 12.5. The minimum atomic E-state index is -3.82. The normalized spacial score (nSPS) is 11.3. The molecular formula is C15H18N2O5S. The van der Waals surface area contributed by atoms with Crippen LogP contribution in [-0.4, -0.2) is 26.2 Å². The highest BCUT2D eigenvalue weighted by Crippen LogP contribution is 2.24. The van der Waals surface area contributed by atoms with Crippen molar-refractivity contribution in [1.82, 2.24) is 5.16 Å². The van der Waals surface area contributed by atoms with Crippen molar-refractivity contribution in [2.45, 2.75) is 32.6 Å². The zero-order chi connectivity index (χ0) is 17.2. The fourth-order valence-corrected chi connectivity index (χ4v) is 3.64. The Labute approximate surface area is 134 Å². The van der Waals surface area contributed by atoms with Gasteiger partial charge in [-0.1, -0.05) is 5.16 Å². The summed E-state index contributed by atoms with van der Waals surface area (Å²) >= 11 is 0. The number of carbonyl (C=O) groups excluding carboxylic acids is 1. The van der Waals surface area contributed by atoms with Crippen LogP contribution in [-0.2, 0) is 14.8 Å². The number of benzene rings is 1. The summed E-state index contributed by atoms with van der Waals surface area (Å²) in [5.41, 5.74) is 1.63. The van der Waals surface area contributed by atoms with Crippen LogP contribution in [0.2, 0.25) is 0 Å². The molecule has 23 heavy (non-hydrogen) atoms. The number of sulfonamides is 1. The number of nitrogens with one attached hydrogen (secondary N) is 1. The van der Waals surface area contributed by atoms with Crippen molar-refractivity contribution in [2.24, 2.45) is 0 Å². The Hall–Kier alpha value is -2.35. The molecule has 2 aromatic rings. The van der Waals surface area contributed by atoms with Crippen LogP contribution in [0.25, 0.3) is 0 Å². The van der Waals surface area contributed by atoms with E-state index in [0.29, 0.717) is 16.8 Å². The summed E-state index contributed by atoms with van der Waals surface area (Å²) in [6, 6.07) is 4.61.